The second kappa shape index (κ2) is 5.37. The quantitative estimate of drug-likeness (QED) is 0.651. The third kappa shape index (κ3) is 3.07. The summed E-state index contributed by atoms with van der Waals surface area (Å²) in [6.07, 6.45) is 1.35. The first kappa shape index (κ1) is 14.7. The number of hydrogen-bond donors (Lipinski definition) is 2. The van der Waals surface area contributed by atoms with E-state index in [4.69, 9.17) is 5.73 Å². The molecule has 0 saturated heterocycles. The molecular formula is C12H11BrFN3O2S. The number of nitrogens with one attached hydrogen (secondary N) is 1. The van der Waals surface area contributed by atoms with E-state index in [0.29, 0.717) is 4.60 Å². The molecule has 0 unspecified atom stereocenters. The Bertz CT molecular complexity index is 748. The zero-order valence-corrected chi connectivity index (χ0v) is 12.8. The van der Waals surface area contributed by atoms with Crippen molar-refractivity contribution in [1.29, 1.82) is 0 Å². The predicted octanol–water partition coefficient (Wildman–Crippen LogP) is 2.67. The van der Waals surface area contributed by atoms with Gasteiger partial charge in [-0.2, -0.15) is 0 Å². The van der Waals surface area contributed by atoms with Gasteiger partial charge in [0.05, 0.1) is 16.8 Å². The summed E-state index contributed by atoms with van der Waals surface area (Å²) in [7, 11) is -3.93. The van der Waals surface area contributed by atoms with Gasteiger partial charge >= 0.3 is 0 Å². The smallest absolute Gasteiger partial charge is 0.262 e. The lowest BCUT2D eigenvalue weighted by Gasteiger charge is -2.11. The minimum atomic E-state index is -3.93. The molecule has 1 aromatic carbocycles. The van der Waals surface area contributed by atoms with Crippen molar-refractivity contribution in [2.24, 2.45) is 0 Å². The van der Waals surface area contributed by atoms with E-state index in [2.05, 4.69) is 25.6 Å². The Morgan fingerprint density at radius 1 is 1.35 bits per heavy atom. The summed E-state index contributed by atoms with van der Waals surface area (Å²) < 4.78 is 40.9. The van der Waals surface area contributed by atoms with Crippen LogP contribution in [0.1, 0.15) is 5.56 Å². The van der Waals surface area contributed by atoms with Crippen LogP contribution in [0.25, 0.3) is 0 Å². The fraction of sp³-hybridized carbons (Fsp3) is 0.0833. The van der Waals surface area contributed by atoms with E-state index in [9.17, 15) is 12.8 Å². The SMILES string of the molecule is Cc1c(F)cc(N)cc1S(=O)(=O)Nc1ccc(Br)nc1. The van der Waals surface area contributed by atoms with Crippen molar-refractivity contribution < 1.29 is 12.8 Å². The lowest BCUT2D eigenvalue weighted by molar-refractivity contribution is 0.591. The highest BCUT2D eigenvalue weighted by atomic mass is 79.9. The fourth-order valence-electron chi connectivity index (χ4n) is 1.60. The topological polar surface area (TPSA) is 85.1 Å². The number of aromatic nitrogens is 1. The van der Waals surface area contributed by atoms with Crippen LogP contribution in [0.4, 0.5) is 15.8 Å². The van der Waals surface area contributed by atoms with Crippen molar-refractivity contribution in [2.45, 2.75) is 11.8 Å². The molecule has 8 heteroatoms. The highest BCUT2D eigenvalue weighted by molar-refractivity contribution is 9.10. The molecule has 5 nitrogen and oxygen atoms in total. The van der Waals surface area contributed by atoms with Crippen LogP contribution in [0.5, 0.6) is 0 Å². The van der Waals surface area contributed by atoms with Crippen molar-refractivity contribution in [3.63, 3.8) is 0 Å². The standard InChI is InChI=1S/C12H11BrFN3O2S/c1-7-10(14)4-8(15)5-11(7)20(18,19)17-9-2-3-12(13)16-6-9/h2-6,17H,15H2,1H3. The molecule has 0 spiro atoms. The number of halogens is 2. The second-order valence-electron chi connectivity index (χ2n) is 4.10. The van der Waals surface area contributed by atoms with Gasteiger partial charge in [0, 0.05) is 11.3 Å². The number of nitrogens with two attached hydrogens (primary N) is 1. The molecule has 0 amide bonds. The Hall–Kier alpha value is -1.67. The van der Waals surface area contributed by atoms with Crippen molar-refractivity contribution in [3.05, 3.63) is 46.4 Å². The van der Waals surface area contributed by atoms with Crippen LogP contribution in [-0.2, 0) is 10.0 Å². The van der Waals surface area contributed by atoms with Gasteiger partial charge in [-0.15, -0.1) is 0 Å². The van der Waals surface area contributed by atoms with Crippen molar-refractivity contribution in [3.8, 4) is 0 Å². The number of benzene rings is 1. The van der Waals surface area contributed by atoms with Crippen LogP contribution in [0, 0.1) is 12.7 Å². The number of anilines is 2. The van der Waals surface area contributed by atoms with Crippen LogP contribution in [0.3, 0.4) is 0 Å². The van der Waals surface area contributed by atoms with Gasteiger partial charge in [-0.25, -0.2) is 17.8 Å². The zero-order chi connectivity index (χ0) is 14.9. The zero-order valence-electron chi connectivity index (χ0n) is 10.4. The molecule has 2 aromatic rings. The van der Waals surface area contributed by atoms with Crippen LogP contribution < -0.4 is 10.5 Å². The first-order chi connectivity index (χ1) is 9.29. The van der Waals surface area contributed by atoms with Crippen LogP contribution in [-0.4, -0.2) is 13.4 Å². The van der Waals surface area contributed by atoms with E-state index in [0.717, 1.165) is 6.07 Å². The minimum Gasteiger partial charge on any atom is -0.399 e. The molecule has 106 valence electrons. The summed E-state index contributed by atoms with van der Waals surface area (Å²) in [4.78, 5) is 3.71. The van der Waals surface area contributed by atoms with Crippen molar-refractivity contribution in [1.82, 2.24) is 4.98 Å². The Morgan fingerprint density at radius 3 is 2.65 bits per heavy atom. The summed E-state index contributed by atoms with van der Waals surface area (Å²) in [6, 6.07) is 5.42. The largest absolute Gasteiger partial charge is 0.399 e. The normalized spacial score (nSPS) is 11.3. The van der Waals surface area contributed by atoms with Crippen molar-refractivity contribution >= 4 is 37.3 Å². The van der Waals surface area contributed by atoms with Crippen LogP contribution in [0.2, 0.25) is 0 Å². The first-order valence-corrected chi connectivity index (χ1v) is 7.77. The van der Waals surface area contributed by atoms with Gasteiger partial charge in [0.15, 0.2) is 0 Å². The molecule has 0 saturated carbocycles. The van der Waals surface area contributed by atoms with E-state index in [1.54, 1.807) is 6.07 Å². The Labute approximate surface area is 124 Å². The van der Waals surface area contributed by atoms with E-state index < -0.39 is 15.8 Å². The Kier molecular flexibility index (Phi) is 3.96. The number of nitrogens with zero attached hydrogens (tertiary/aromatic N) is 1. The Balaban J connectivity index is 2.43. The molecule has 0 bridgehead atoms. The fourth-order valence-corrected chi connectivity index (χ4v) is 3.17. The summed E-state index contributed by atoms with van der Waals surface area (Å²) >= 11 is 3.15. The molecule has 0 aliphatic heterocycles. The van der Waals surface area contributed by atoms with E-state index >= 15 is 0 Å². The lowest BCUT2D eigenvalue weighted by Crippen LogP contribution is -2.15. The van der Waals surface area contributed by atoms with E-state index in [-0.39, 0.29) is 21.8 Å². The van der Waals surface area contributed by atoms with Gasteiger partial charge in [0.25, 0.3) is 10.0 Å². The minimum absolute atomic E-state index is 0.0109. The molecule has 0 atom stereocenters. The monoisotopic (exact) mass is 359 g/mol. The number of rotatable bonds is 3. The number of hydrogen-bond acceptors (Lipinski definition) is 4. The number of nitrogen functional groups attached to an aromatic ring is 1. The summed E-state index contributed by atoms with van der Waals surface area (Å²) in [5.41, 5.74) is 5.82. The molecule has 0 aliphatic carbocycles. The number of sulfonamides is 1. The molecule has 3 N–H and O–H groups in total. The summed E-state index contributed by atoms with van der Waals surface area (Å²) in [5, 5.41) is 0. The van der Waals surface area contributed by atoms with Gasteiger partial charge in [0.1, 0.15) is 10.4 Å². The molecule has 1 heterocycles. The van der Waals surface area contributed by atoms with Gasteiger partial charge in [-0.1, -0.05) is 0 Å². The van der Waals surface area contributed by atoms with Crippen LogP contribution in [0.15, 0.2) is 40.0 Å². The molecule has 20 heavy (non-hydrogen) atoms. The third-order valence-electron chi connectivity index (χ3n) is 2.59. The molecule has 0 radical (unpaired) electrons. The second-order valence-corrected chi connectivity index (χ2v) is 6.56. The first-order valence-electron chi connectivity index (χ1n) is 5.49. The molecule has 0 fully saturated rings. The third-order valence-corrected chi connectivity index (χ3v) is 4.56. The molecule has 0 aliphatic rings. The van der Waals surface area contributed by atoms with Gasteiger partial charge < -0.3 is 5.73 Å². The molecule has 1 aromatic heterocycles. The van der Waals surface area contributed by atoms with Gasteiger partial charge in [-0.3, -0.25) is 4.72 Å². The highest BCUT2D eigenvalue weighted by Crippen LogP contribution is 2.24. The maximum absolute atomic E-state index is 13.6. The number of pyridine rings is 1. The van der Waals surface area contributed by atoms with Crippen LogP contribution >= 0.6 is 15.9 Å². The highest BCUT2D eigenvalue weighted by Gasteiger charge is 2.20. The molecular weight excluding hydrogens is 349 g/mol. The molecule has 2 rings (SSSR count). The average Bonchev–Trinajstić information content (AvgIpc) is 2.36. The van der Waals surface area contributed by atoms with E-state index in [1.807, 2.05) is 0 Å². The van der Waals surface area contributed by atoms with Crippen molar-refractivity contribution in [2.75, 3.05) is 10.5 Å². The van der Waals surface area contributed by atoms with Gasteiger partial charge in [-0.05, 0) is 47.1 Å². The maximum Gasteiger partial charge on any atom is 0.262 e. The predicted molar refractivity (Wildman–Crippen MR) is 78.3 cm³/mol. The summed E-state index contributed by atoms with van der Waals surface area (Å²) in [6.45, 7) is 1.38. The van der Waals surface area contributed by atoms with E-state index in [1.165, 1.54) is 25.3 Å². The van der Waals surface area contributed by atoms with Gasteiger partial charge in [0.2, 0.25) is 0 Å². The maximum atomic E-state index is 13.6. The Morgan fingerprint density at radius 2 is 2.05 bits per heavy atom. The summed E-state index contributed by atoms with van der Waals surface area (Å²) in [5.74, 6) is -0.667. The average molecular weight is 360 g/mol. The lowest BCUT2D eigenvalue weighted by atomic mass is 10.2.